The average Bonchev–Trinajstić information content (AvgIpc) is 1.86. The van der Waals surface area contributed by atoms with Gasteiger partial charge >= 0.3 is 41.8 Å². The van der Waals surface area contributed by atoms with Gasteiger partial charge < -0.3 is 64.6 Å². The van der Waals surface area contributed by atoms with E-state index in [9.17, 15) is 67.4 Å². The maximum Gasteiger partial charge on any atom is 0.327 e. The molecule has 27 nitrogen and oxygen atoms in total. The summed E-state index contributed by atoms with van der Waals surface area (Å²) in [7, 11) is 0. The van der Waals surface area contributed by atoms with Crippen LogP contribution in [0.2, 0.25) is 0 Å². The van der Waals surface area contributed by atoms with Gasteiger partial charge in [0, 0.05) is 85.6 Å². The first-order valence-corrected chi connectivity index (χ1v) is 27.0. The van der Waals surface area contributed by atoms with Crippen molar-refractivity contribution >= 4 is 89.0 Å². The maximum absolute atomic E-state index is 15.0. The number of nitrogens with one attached hydrogen (secondary N) is 4. The fourth-order valence-electron chi connectivity index (χ4n) is 9.10. The molecule has 2 fully saturated rings. The van der Waals surface area contributed by atoms with Crippen LogP contribution in [0.3, 0.4) is 0 Å². The first-order chi connectivity index (χ1) is 40.2. The third-order valence-corrected chi connectivity index (χ3v) is 14.1. The van der Waals surface area contributed by atoms with E-state index in [0.717, 1.165) is 46.4 Å². The fraction of sp³-hybridized carbons (Fsp3) is 0.351. The zero-order chi connectivity index (χ0) is 62.4. The van der Waals surface area contributed by atoms with Crippen LogP contribution in [0.25, 0.3) is 0 Å². The molecule has 4 atom stereocenters. The van der Waals surface area contributed by atoms with E-state index in [1.165, 1.54) is 83.4 Å². The number of ether oxygens (including phenoxy) is 6. The summed E-state index contributed by atoms with van der Waals surface area (Å²) in [4.78, 5) is 174. The van der Waals surface area contributed by atoms with E-state index in [4.69, 9.17) is 28.4 Å². The van der Waals surface area contributed by atoms with Crippen molar-refractivity contribution in [3.63, 3.8) is 0 Å². The van der Waals surface area contributed by atoms with Crippen molar-refractivity contribution in [3.05, 3.63) is 107 Å². The van der Waals surface area contributed by atoms with Crippen LogP contribution in [0.4, 0.5) is 0 Å². The number of carbonyl (C=O) groups excluding carboxylic acids is 12. The minimum Gasteiger partial charge on any atom is -0.480 e. The molecule has 0 saturated carbocycles. The predicted octanol–water partition coefficient (Wildman–Crippen LogP) is 2.33. The van der Waals surface area contributed by atoms with Crippen molar-refractivity contribution in [2.45, 2.75) is 83.6 Å². The highest BCUT2D eigenvalue weighted by atomic mass is 32.2. The quantitative estimate of drug-likeness (QED) is 0.0361. The molecule has 0 aliphatic carbocycles. The minimum absolute atomic E-state index is 0.0963. The molecule has 85 heavy (non-hydrogen) atoms. The molecule has 2 saturated heterocycles. The van der Waals surface area contributed by atoms with Crippen LogP contribution in [0.15, 0.2) is 84.9 Å². The molecule has 0 aromatic heterocycles. The summed E-state index contributed by atoms with van der Waals surface area (Å²) < 4.78 is 30.7. The summed E-state index contributed by atoms with van der Waals surface area (Å²) in [6.45, 7) is 7.73. The molecule has 0 radical (unpaired) electrons. The van der Waals surface area contributed by atoms with Gasteiger partial charge in [0.2, 0.25) is 17.7 Å². The topological polar surface area (TPSA) is 355 Å². The summed E-state index contributed by atoms with van der Waals surface area (Å²) in [5.74, 6) is -13.2. The third-order valence-electron chi connectivity index (χ3n) is 12.6. The second-order valence-corrected chi connectivity index (χ2v) is 21.3. The standard InChI is InChI=1S/C57H61N7O20S/c1-30(65)79-40-20-12-17-37(46(40)82-33(4)68)50(72)58-23-25-62(26-24-59-51(73)38-18-13-21-41(80-31(2)66)47(38)83-34(5)69)27-28-63(53(75)39-19-14-22-42(81-32(3)67)48(39)84-35(6)70)29-43(71)60-44(36-15-10-9-11-16-36)52(74)61-45-54(76)64-49(56(77)78)57(7,8)85-55(45)64/h9-22,44-45,49,55H,23-29H2,1-8H3,(H,58,72)(H,59,73)(H,60,71)(H,61,74)(H,77,78)/t44?,45-,49+,55-/m1/s1. The number of β-lactam (4-membered cyclic amide) rings is 1. The number of esters is 6. The molecular weight excluding hydrogens is 1130 g/mol. The number of carboxylic acids is 1. The number of hydrogen-bond donors (Lipinski definition) is 5. The smallest absolute Gasteiger partial charge is 0.327 e. The van der Waals surface area contributed by atoms with Crippen LogP contribution in [-0.4, -0.2) is 165 Å². The van der Waals surface area contributed by atoms with Gasteiger partial charge in [-0.15, -0.1) is 11.8 Å². The molecule has 6 amide bonds. The largest absolute Gasteiger partial charge is 0.480 e. The van der Waals surface area contributed by atoms with Crippen molar-refractivity contribution in [1.82, 2.24) is 36.0 Å². The Morgan fingerprint density at radius 2 is 1.01 bits per heavy atom. The van der Waals surface area contributed by atoms with Crippen LogP contribution in [0.1, 0.15) is 98.1 Å². The van der Waals surface area contributed by atoms with Gasteiger partial charge in [-0.1, -0.05) is 48.5 Å². The zero-order valence-electron chi connectivity index (χ0n) is 47.3. The lowest BCUT2D eigenvalue weighted by Crippen LogP contribution is -2.71. The Hall–Kier alpha value is -9.70. The number of nitrogens with zero attached hydrogens (tertiary/aromatic N) is 3. The number of fused-ring (bicyclic) bond motifs is 1. The van der Waals surface area contributed by atoms with Gasteiger partial charge in [-0.05, 0) is 55.8 Å². The van der Waals surface area contributed by atoms with E-state index in [1.54, 1.807) is 36.9 Å². The van der Waals surface area contributed by atoms with Crippen LogP contribution in [-0.2, 0) is 47.9 Å². The lowest BCUT2D eigenvalue weighted by molar-refractivity contribution is -0.161. The fourth-order valence-corrected chi connectivity index (χ4v) is 10.7. The van der Waals surface area contributed by atoms with Crippen LogP contribution in [0, 0.1) is 0 Å². The molecule has 450 valence electrons. The van der Waals surface area contributed by atoms with E-state index in [-0.39, 0.29) is 83.7 Å². The van der Waals surface area contributed by atoms with E-state index >= 15 is 0 Å². The molecule has 28 heteroatoms. The molecular formula is C57H61N7O20S. The second-order valence-electron chi connectivity index (χ2n) is 19.5. The lowest BCUT2D eigenvalue weighted by atomic mass is 9.95. The van der Waals surface area contributed by atoms with E-state index in [0.29, 0.717) is 0 Å². The number of thioether (sulfide) groups is 1. The molecule has 4 aromatic rings. The number of carboxylic acid groups (broad SMARTS) is 1. The highest BCUT2D eigenvalue weighted by Gasteiger charge is 2.64. The normalized spacial score (nSPS) is 15.8. The van der Waals surface area contributed by atoms with Crippen LogP contribution < -0.4 is 49.7 Å². The van der Waals surface area contributed by atoms with Crippen molar-refractivity contribution < 1.29 is 95.9 Å². The molecule has 0 bridgehead atoms. The van der Waals surface area contributed by atoms with E-state index in [2.05, 4.69) is 21.3 Å². The Morgan fingerprint density at radius 3 is 1.45 bits per heavy atom. The summed E-state index contributed by atoms with van der Waals surface area (Å²) in [5.41, 5.74) is -0.525. The summed E-state index contributed by atoms with van der Waals surface area (Å²) in [6, 6.07) is 15.8. The van der Waals surface area contributed by atoms with E-state index < -0.39 is 124 Å². The maximum atomic E-state index is 15.0. The van der Waals surface area contributed by atoms with E-state index in [1.807, 2.05) is 0 Å². The zero-order valence-corrected chi connectivity index (χ0v) is 48.1. The average molecular weight is 1200 g/mol. The first-order valence-electron chi connectivity index (χ1n) is 26.1. The summed E-state index contributed by atoms with van der Waals surface area (Å²) in [6.07, 6.45) is 0. The van der Waals surface area contributed by atoms with Crippen LogP contribution >= 0.6 is 11.8 Å². The number of para-hydroxylation sites is 3. The Labute approximate surface area is 490 Å². The Bertz CT molecular complexity index is 3220. The van der Waals surface area contributed by atoms with Gasteiger partial charge in [0.05, 0.1) is 23.2 Å². The Balaban J connectivity index is 1.32. The van der Waals surface area contributed by atoms with Gasteiger partial charge in [-0.3, -0.25) is 62.4 Å². The summed E-state index contributed by atoms with van der Waals surface area (Å²) >= 11 is 1.19. The van der Waals surface area contributed by atoms with Gasteiger partial charge in [0.25, 0.3) is 17.7 Å². The highest BCUT2D eigenvalue weighted by Crippen LogP contribution is 2.51. The molecule has 6 rings (SSSR count). The van der Waals surface area contributed by atoms with Crippen LogP contribution in [0.5, 0.6) is 34.5 Å². The lowest BCUT2D eigenvalue weighted by Gasteiger charge is -2.44. The predicted molar refractivity (Wildman–Crippen MR) is 297 cm³/mol. The SMILES string of the molecule is CC(=O)Oc1cccc(C(=O)NCCN(CCNC(=O)c2cccc(OC(C)=O)c2OC(C)=O)CCN(CC(=O)NC(C(=O)N[C@@H]2C(=O)N3[C@@H]2SC(C)(C)[C@@H]3C(=O)O)c2ccccc2)C(=O)c2cccc(OC(C)=O)c2OC(C)=O)c1OC(C)=O. The van der Waals surface area contributed by atoms with Gasteiger partial charge in [0.1, 0.15) is 23.5 Å². The number of amides is 6. The molecule has 4 aromatic carbocycles. The molecule has 5 N–H and O–H groups in total. The number of aliphatic carboxylic acids is 1. The Kier molecular flexibility index (Phi) is 21.6. The first kappa shape index (κ1) is 64.5. The second kappa shape index (κ2) is 28.5. The number of rotatable bonds is 25. The van der Waals surface area contributed by atoms with Gasteiger partial charge in [0.15, 0.2) is 34.5 Å². The molecule has 2 aliphatic heterocycles. The number of carbonyl (C=O) groups is 13. The van der Waals surface area contributed by atoms with Crippen molar-refractivity contribution in [2.24, 2.45) is 0 Å². The number of benzene rings is 4. The van der Waals surface area contributed by atoms with Crippen molar-refractivity contribution in [3.8, 4) is 34.5 Å². The molecule has 0 spiro atoms. The summed E-state index contributed by atoms with van der Waals surface area (Å²) in [5, 5.41) is 19.9. The van der Waals surface area contributed by atoms with Crippen molar-refractivity contribution in [1.29, 1.82) is 0 Å². The molecule has 2 aliphatic rings. The van der Waals surface area contributed by atoms with Crippen molar-refractivity contribution in [2.75, 3.05) is 45.8 Å². The molecule has 1 unspecified atom stereocenters. The van der Waals surface area contributed by atoms with Gasteiger partial charge in [-0.25, -0.2) is 4.79 Å². The highest BCUT2D eigenvalue weighted by molar-refractivity contribution is 8.01. The number of hydrogen-bond acceptors (Lipinski definition) is 21. The monoisotopic (exact) mass is 1200 g/mol. The minimum atomic E-state index is -1.51. The Morgan fingerprint density at radius 1 is 0.576 bits per heavy atom. The third kappa shape index (κ3) is 16.7. The van der Waals surface area contributed by atoms with Gasteiger partial charge in [-0.2, -0.15) is 0 Å². The molecule has 2 heterocycles.